The van der Waals surface area contributed by atoms with Gasteiger partial charge in [-0.2, -0.15) is 0 Å². The summed E-state index contributed by atoms with van der Waals surface area (Å²) < 4.78 is 50.7. The molecule has 1 aliphatic heterocycles. The molecule has 3 unspecified atom stereocenters. The number of alkyl halides is 1. The largest absolute Gasteiger partial charge is 0.492 e. The van der Waals surface area contributed by atoms with Crippen molar-refractivity contribution < 1.29 is 23.0 Å². The Kier molecular flexibility index (Phi) is 5.31. The molecule has 2 aliphatic rings. The van der Waals surface area contributed by atoms with E-state index < -0.39 is 46.8 Å². The van der Waals surface area contributed by atoms with E-state index in [9.17, 15) is 19.1 Å². The number of halogens is 3. The van der Waals surface area contributed by atoms with E-state index in [0.29, 0.717) is 18.4 Å². The van der Waals surface area contributed by atoms with Crippen molar-refractivity contribution in [2.24, 2.45) is 5.92 Å². The van der Waals surface area contributed by atoms with Crippen LogP contribution in [0.25, 0.3) is 10.9 Å². The van der Waals surface area contributed by atoms with Crippen LogP contribution in [-0.4, -0.2) is 41.0 Å². The highest BCUT2D eigenvalue weighted by Gasteiger charge is 2.41. The number of hydrogen-bond donors (Lipinski definition) is 3. The SMILES string of the molecule is COc1c(N2CC(F)C(C(O)c3ccc(F)cc3)C2)c(F)c(N)c2c(=O)[nH]c(=O)n(C3CC3)c12. The van der Waals surface area contributed by atoms with E-state index in [-0.39, 0.29) is 41.5 Å². The van der Waals surface area contributed by atoms with Gasteiger partial charge >= 0.3 is 5.69 Å². The van der Waals surface area contributed by atoms with Crippen LogP contribution in [-0.2, 0) is 0 Å². The molecule has 0 radical (unpaired) electrons. The fourth-order valence-electron chi connectivity index (χ4n) is 4.80. The Morgan fingerprint density at radius 2 is 1.85 bits per heavy atom. The van der Waals surface area contributed by atoms with Gasteiger partial charge in [-0.25, -0.2) is 18.0 Å². The van der Waals surface area contributed by atoms with Crippen LogP contribution in [0.1, 0.15) is 30.6 Å². The minimum Gasteiger partial charge on any atom is -0.492 e. The Labute approximate surface area is 191 Å². The van der Waals surface area contributed by atoms with Gasteiger partial charge in [0.05, 0.1) is 24.3 Å². The summed E-state index contributed by atoms with van der Waals surface area (Å²) in [4.78, 5) is 28.7. The van der Waals surface area contributed by atoms with E-state index in [0.717, 1.165) is 0 Å². The normalized spacial score (nSPS) is 21.3. The molecule has 2 heterocycles. The molecular weight excluding hydrogens is 453 g/mol. The zero-order chi connectivity index (χ0) is 24.3. The van der Waals surface area contributed by atoms with Gasteiger partial charge in [0.1, 0.15) is 23.2 Å². The van der Waals surface area contributed by atoms with Crippen LogP contribution in [0.2, 0.25) is 0 Å². The third-order valence-corrected chi connectivity index (χ3v) is 6.63. The molecule has 0 bridgehead atoms. The summed E-state index contributed by atoms with van der Waals surface area (Å²) in [6, 6.07) is 4.87. The van der Waals surface area contributed by atoms with Crippen LogP contribution < -0.4 is 26.6 Å². The van der Waals surface area contributed by atoms with Crippen molar-refractivity contribution in [1.82, 2.24) is 9.55 Å². The molecule has 4 N–H and O–H groups in total. The zero-order valence-electron chi connectivity index (χ0n) is 18.2. The second kappa shape index (κ2) is 8.08. The van der Waals surface area contributed by atoms with Crippen LogP contribution in [0.15, 0.2) is 33.9 Å². The molecule has 8 nitrogen and oxygen atoms in total. The average molecular weight is 476 g/mol. The van der Waals surface area contributed by atoms with Gasteiger partial charge < -0.3 is 20.5 Å². The molecule has 1 aromatic heterocycles. The minimum absolute atomic E-state index is 0.0607. The molecule has 11 heteroatoms. The van der Waals surface area contributed by atoms with Crippen LogP contribution in [0.4, 0.5) is 24.5 Å². The van der Waals surface area contributed by atoms with Crippen molar-refractivity contribution in [3.8, 4) is 5.75 Å². The Morgan fingerprint density at radius 3 is 2.47 bits per heavy atom. The molecule has 0 spiro atoms. The van der Waals surface area contributed by atoms with Gasteiger partial charge in [0.25, 0.3) is 5.56 Å². The van der Waals surface area contributed by atoms with E-state index in [1.807, 2.05) is 0 Å². The van der Waals surface area contributed by atoms with Crippen molar-refractivity contribution in [2.75, 3.05) is 30.8 Å². The first-order valence-corrected chi connectivity index (χ1v) is 10.9. The highest BCUT2D eigenvalue weighted by Crippen LogP contribution is 2.46. The monoisotopic (exact) mass is 476 g/mol. The van der Waals surface area contributed by atoms with Gasteiger partial charge in [-0.15, -0.1) is 0 Å². The van der Waals surface area contributed by atoms with Crippen molar-refractivity contribution in [3.63, 3.8) is 0 Å². The Bertz CT molecular complexity index is 1380. The number of aliphatic hydroxyl groups excluding tert-OH is 1. The fraction of sp³-hybridized carbons (Fsp3) is 0.391. The number of rotatable bonds is 5. The van der Waals surface area contributed by atoms with Crippen LogP contribution in [0.5, 0.6) is 5.75 Å². The van der Waals surface area contributed by atoms with E-state index in [1.54, 1.807) is 0 Å². The first-order valence-electron chi connectivity index (χ1n) is 10.9. The number of aromatic amines is 1. The fourth-order valence-corrected chi connectivity index (χ4v) is 4.80. The van der Waals surface area contributed by atoms with Crippen molar-refractivity contribution in [3.05, 3.63) is 62.3 Å². The van der Waals surface area contributed by atoms with Crippen molar-refractivity contribution >= 4 is 22.3 Å². The molecule has 1 aliphatic carbocycles. The Hall–Kier alpha value is -3.47. The number of H-pyrrole nitrogens is 1. The maximum Gasteiger partial charge on any atom is 0.329 e. The number of anilines is 2. The number of benzene rings is 2. The summed E-state index contributed by atoms with van der Waals surface area (Å²) in [5.41, 5.74) is 4.25. The summed E-state index contributed by atoms with van der Waals surface area (Å²) in [5.74, 6) is -2.51. The number of ether oxygens (including phenoxy) is 1. The third-order valence-electron chi connectivity index (χ3n) is 6.63. The molecular formula is C23H23F3N4O4. The number of nitrogens with one attached hydrogen (secondary N) is 1. The maximum absolute atomic E-state index is 15.6. The number of nitrogens with zero attached hydrogens (tertiary/aromatic N) is 2. The summed E-state index contributed by atoms with van der Waals surface area (Å²) >= 11 is 0. The molecule has 1 saturated heterocycles. The lowest BCUT2D eigenvalue weighted by Gasteiger charge is -2.25. The number of aromatic nitrogens is 2. The van der Waals surface area contributed by atoms with Crippen molar-refractivity contribution in [2.45, 2.75) is 31.2 Å². The topological polar surface area (TPSA) is 114 Å². The second-order valence-electron chi connectivity index (χ2n) is 8.77. The van der Waals surface area contributed by atoms with Crippen LogP contribution in [0, 0.1) is 17.6 Å². The van der Waals surface area contributed by atoms with Gasteiger partial charge in [-0.05, 0) is 30.5 Å². The minimum atomic E-state index is -1.55. The van der Waals surface area contributed by atoms with Gasteiger partial charge in [0, 0.05) is 25.0 Å². The van der Waals surface area contributed by atoms with Crippen LogP contribution in [0.3, 0.4) is 0 Å². The highest BCUT2D eigenvalue weighted by atomic mass is 19.1. The standard InChI is InChI=1S/C23H23F3N4O4/c1-34-21-18-15(22(32)28-23(33)30(18)12-6-7-12)17(27)16(26)19(21)29-8-13(14(25)9-29)20(31)10-2-4-11(24)5-3-10/h2-5,12-14,20,31H,6-9,27H2,1H3,(H,28,32,33). The molecule has 3 atom stereocenters. The second-order valence-corrected chi connectivity index (χ2v) is 8.77. The average Bonchev–Trinajstić information content (AvgIpc) is 3.56. The molecule has 1 saturated carbocycles. The molecule has 5 rings (SSSR count). The predicted molar refractivity (Wildman–Crippen MR) is 120 cm³/mol. The van der Waals surface area contributed by atoms with Crippen LogP contribution >= 0.6 is 0 Å². The van der Waals surface area contributed by atoms with Crippen molar-refractivity contribution in [1.29, 1.82) is 0 Å². The van der Waals surface area contributed by atoms with Gasteiger partial charge in [0.15, 0.2) is 11.6 Å². The van der Waals surface area contributed by atoms with Gasteiger partial charge in [0.2, 0.25) is 0 Å². The number of nitrogens with two attached hydrogens (primary N) is 1. The molecule has 0 amide bonds. The lowest BCUT2D eigenvalue weighted by molar-refractivity contribution is 0.0799. The number of hydrogen-bond acceptors (Lipinski definition) is 6. The first-order chi connectivity index (χ1) is 16.2. The van der Waals surface area contributed by atoms with E-state index >= 15 is 8.78 Å². The summed E-state index contributed by atoms with van der Waals surface area (Å²) in [6.45, 7) is -0.382. The number of fused-ring (bicyclic) bond motifs is 1. The van der Waals surface area contributed by atoms with E-state index in [1.165, 1.54) is 40.8 Å². The molecule has 34 heavy (non-hydrogen) atoms. The highest BCUT2D eigenvalue weighted by molar-refractivity contribution is 5.99. The zero-order valence-corrected chi connectivity index (χ0v) is 18.2. The third kappa shape index (κ3) is 3.42. The predicted octanol–water partition coefficient (Wildman–Crippen LogP) is 2.40. The summed E-state index contributed by atoms with van der Waals surface area (Å²) in [6.07, 6.45) is -1.43. The lowest BCUT2D eigenvalue weighted by Crippen LogP contribution is -2.32. The number of nitrogen functional groups attached to an aromatic ring is 1. The summed E-state index contributed by atoms with van der Waals surface area (Å²) in [5, 5.41) is 10.5. The van der Waals surface area contributed by atoms with Gasteiger partial charge in [-0.3, -0.25) is 14.3 Å². The summed E-state index contributed by atoms with van der Waals surface area (Å²) in [7, 11) is 1.27. The van der Waals surface area contributed by atoms with E-state index in [2.05, 4.69) is 4.98 Å². The van der Waals surface area contributed by atoms with E-state index in [4.69, 9.17) is 10.5 Å². The quantitative estimate of drug-likeness (QED) is 0.488. The Morgan fingerprint density at radius 1 is 1.18 bits per heavy atom. The smallest absolute Gasteiger partial charge is 0.329 e. The van der Waals surface area contributed by atoms with Gasteiger partial charge in [-0.1, -0.05) is 12.1 Å². The molecule has 180 valence electrons. The molecule has 3 aromatic rings. The number of methoxy groups -OCH3 is 1. The maximum atomic E-state index is 15.6. The first kappa shape index (κ1) is 22.3. The molecule has 2 aromatic carbocycles. The lowest BCUT2D eigenvalue weighted by atomic mass is 9.94. The Balaban J connectivity index is 1.64. The molecule has 2 fully saturated rings. The number of aliphatic hydroxyl groups is 1.